The van der Waals surface area contributed by atoms with Crippen LogP contribution in [0, 0.1) is 0 Å². The fourth-order valence-electron chi connectivity index (χ4n) is 1.54. The third-order valence-corrected chi connectivity index (χ3v) is 2.33. The van der Waals surface area contributed by atoms with E-state index in [1.807, 2.05) is 24.3 Å². The first kappa shape index (κ1) is 11.2. The quantitative estimate of drug-likeness (QED) is 0.870. The summed E-state index contributed by atoms with van der Waals surface area (Å²) in [5, 5.41) is 12.6. The van der Waals surface area contributed by atoms with Crippen LogP contribution in [0.1, 0.15) is 0 Å². The van der Waals surface area contributed by atoms with Crippen LogP contribution in [0.2, 0.25) is 0 Å². The van der Waals surface area contributed by atoms with Gasteiger partial charge in [0, 0.05) is 11.8 Å². The van der Waals surface area contributed by atoms with Crippen LogP contribution in [0.3, 0.4) is 0 Å². The number of nitrogens with zero attached hydrogens (tertiary/aromatic N) is 2. The third kappa shape index (κ3) is 2.63. The lowest BCUT2D eigenvalue weighted by Gasteiger charge is -2.01. The highest BCUT2D eigenvalue weighted by atomic mass is 16.5. The van der Waals surface area contributed by atoms with E-state index in [0.717, 1.165) is 16.9 Å². The average molecular weight is 232 g/mol. The first-order valence-electron chi connectivity index (χ1n) is 5.07. The Balaban J connectivity index is 2.26. The normalized spacial score (nSPS) is 10.2. The van der Waals surface area contributed by atoms with Crippen molar-refractivity contribution in [1.29, 1.82) is 0 Å². The fourth-order valence-corrected chi connectivity index (χ4v) is 1.54. The summed E-state index contributed by atoms with van der Waals surface area (Å²) < 4.78 is 6.51. The van der Waals surface area contributed by atoms with Gasteiger partial charge in [-0.25, -0.2) is 0 Å². The van der Waals surface area contributed by atoms with Crippen molar-refractivity contribution in [2.45, 2.75) is 6.54 Å². The van der Waals surface area contributed by atoms with E-state index >= 15 is 0 Å². The van der Waals surface area contributed by atoms with Crippen LogP contribution >= 0.6 is 0 Å². The fraction of sp³-hybridized carbons (Fsp3) is 0.167. The Morgan fingerprint density at radius 1 is 1.47 bits per heavy atom. The van der Waals surface area contributed by atoms with Gasteiger partial charge in [0.2, 0.25) is 0 Å². The molecule has 0 unspecified atom stereocenters. The standard InChI is InChI=1S/C12H12N2O3/c1-17-11-4-2-3-9(5-11)10-6-13-14(7-10)8-12(15)16/h2-7H,8H2,1H3,(H,15,16). The van der Waals surface area contributed by atoms with Gasteiger partial charge in [0.25, 0.3) is 0 Å². The van der Waals surface area contributed by atoms with Crippen LogP contribution in [0.5, 0.6) is 5.75 Å². The Morgan fingerprint density at radius 3 is 3.00 bits per heavy atom. The lowest BCUT2D eigenvalue weighted by molar-refractivity contribution is -0.137. The molecule has 2 rings (SSSR count). The zero-order valence-electron chi connectivity index (χ0n) is 9.33. The van der Waals surface area contributed by atoms with Crippen molar-refractivity contribution < 1.29 is 14.6 Å². The number of carboxylic acids is 1. The Bertz CT molecular complexity index is 534. The second-order valence-corrected chi connectivity index (χ2v) is 3.55. The van der Waals surface area contributed by atoms with Crippen LogP contribution in [0.25, 0.3) is 11.1 Å². The molecular formula is C12H12N2O3. The number of aromatic nitrogens is 2. The first-order chi connectivity index (χ1) is 8.19. The second-order valence-electron chi connectivity index (χ2n) is 3.55. The molecule has 0 aliphatic carbocycles. The molecular weight excluding hydrogens is 220 g/mol. The van der Waals surface area contributed by atoms with Crippen LogP contribution in [-0.2, 0) is 11.3 Å². The van der Waals surface area contributed by atoms with E-state index in [-0.39, 0.29) is 6.54 Å². The third-order valence-electron chi connectivity index (χ3n) is 2.33. The molecule has 0 saturated heterocycles. The van der Waals surface area contributed by atoms with Gasteiger partial charge < -0.3 is 9.84 Å². The van der Waals surface area contributed by atoms with E-state index in [0.29, 0.717) is 0 Å². The van der Waals surface area contributed by atoms with E-state index in [4.69, 9.17) is 9.84 Å². The number of hydrogen-bond acceptors (Lipinski definition) is 3. The molecule has 1 aromatic heterocycles. The van der Waals surface area contributed by atoms with E-state index < -0.39 is 5.97 Å². The molecule has 0 spiro atoms. The molecule has 0 amide bonds. The van der Waals surface area contributed by atoms with E-state index in [2.05, 4.69) is 5.10 Å². The van der Waals surface area contributed by atoms with Crippen molar-refractivity contribution in [1.82, 2.24) is 9.78 Å². The van der Waals surface area contributed by atoms with Crippen molar-refractivity contribution in [3.8, 4) is 16.9 Å². The van der Waals surface area contributed by atoms with Crippen LogP contribution in [-0.4, -0.2) is 28.0 Å². The minimum absolute atomic E-state index is 0.135. The zero-order chi connectivity index (χ0) is 12.3. The molecule has 2 aromatic rings. The molecule has 1 N–H and O–H groups in total. The first-order valence-corrected chi connectivity index (χ1v) is 5.07. The molecule has 0 atom stereocenters. The molecule has 5 heteroatoms. The predicted octanol–water partition coefficient (Wildman–Crippen LogP) is 1.64. The van der Waals surface area contributed by atoms with Crippen LogP contribution < -0.4 is 4.74 Å². The number of ether oxygens (including phenoxy) is 1. The summed E-state index contributed by atoms with van der Waals surface area (Å²) in [5.41, 5.74) is 1.81. The van der Waals surface area contributed by atoms with Gasteiger partial charge in [-0.3, -0.25) is 9.48 Å². The van der Waals surface area contributed by atoms with Crippen molar-refractivity contribution in [3.05, 3.63) is 36.7 Å². The lowest BCUT2D eigenvalue weighted by atomic mass is 10.1. The van der Waals surface area contributed by atoms with E-state index in [1.165, 1.54) is 4.68 Å². The van der Waals surface area contributed by atoms with Crippen LogP contribution in [0.4, 0.5) is 0 Å². The summed E-state index contributed by atoms with van der Waals surface area (Å²) in [6.45, 7) is -0.135. The van der Waals surface area contributed by atoms with Gasteiger partial charge in [-0.2, -0.15) is 5.10 Å². The monoisotopic (exact) mass is 232 g/mol. The minimum atomic E-state index is -0.912. The number of carboxylic acid groups (broad SMARTS) is 1. The molecule has 0 bridgehead atoms. The molecule has 0 saturated carbocycles. The molecule has 0 aliphatic rings. The Kier molecular flexibility index (Phi) is 3.09. The summed E-state index contributed by atoms with van der Waals surface area (Å²) in [7, 11) is 1.60. The summed E-state index contributed by atoms with van der Waals surface area (Å²) in [5.74, 6) is -0.154. The van der Waals surface area contributed by atoms with Crippen molar-refractivity contribution in [2.24, 2.45) is 0 Å². The van der Waals surface area contributed by atoms with Crippen molar-refractivity contribution >= 4 is 5.97 Å². The zero-order valence-corrected chi connectivity index (χ0v) is 9.33. The minimum Gasteiger partial charge on any atom is -0.497 e. The van der Waals surface area contributed by atoms with Crippen LogP contribution in [0.15, 0.2) is 36.7 Å². The smallest absolute Gasteiger partial charge is 0.325 e. The molecule has 0 fully saturated rings. The van der Waals surface area contributed by atoms with Gasteiger partial charge in [-0.1, -0.05) is 12.1 Å². The molecule has 0 aliphatic heterocycles. The summed E-state index contributed by atoms with van der Waals surface area (Å²) >= 11 is 0. The summed E-state index contributed by atoms with van der Waals surface area (Å²) in [6.07, 6.45) is 3.33. The van der Waals surface area contributed by atoms with E-state index in [1.54, 1.807) is 19.5 Å². The highest BCUT2D eigenvalue weighted by Gasteiger charge is 2.05. The highest BCUT2D eigenvalue weighted by Crippen LogP contribution is 2.22. The van der Waals surface area contributed by atoms with Gasteiger partial charge in [0.05, 0.1) is 13.3 Å². The highest BCUT2D eigenvalue weighted by molar-refractivity contribution is 5.67. The Morgan fingerprint density at radius 2 is 2.29 bits per heavy atom. The summed E-state index contributed by atoms with van der Waals surface area (Å²) in [4.78, 5) is 10.5. The summed E-state index contributed by atoms with van der Waals surface area (Å²) in [6, 6.07) is 7.53. The van der Waals surface area contributed by atoms with E-state index in [9.17, 15) is 4.79 Å². The maximum atomic E-state index is 10.5. The number of methoxy groups -OCH3 is 1. The van der Waals surface area contributed by atoms with Crippen molar-refractivity contribution in [3.63, 3.8) is 0 Å². The molecule has 1 aromatic carbocycles. The number of aliphatic carboxylic acids is 1. The van der Waals surface area contributed by atoms with Gasteiger partial charge in [-0.05, 0) is 17.7 Å². The van der Waals surface area contributed by atoms with Gasteiger partial charge in [0.1, 0.15) is 12.3 Å². The maximum Gasteiger partial charge on any atom is 0.325 e. The molecule has 88 valence electrons. The second kappa shape index (κ2) is 4.69. The SMILES string of the molecule is COc1cccc(-c2cnn(CC(=O)O)c2)c1. The predicted molar refractivity (Wildman–Crippen MR) is 61.9 cm³/mol. The van der Waals surface area contributed by atoms with Crippen molar-refractivity contribution in [2.75, 3.05) is 7.11 Å². The number of carbonyl (C=O) groups is 1. The number of rotatable bonds is 4. The Labute approximate surface area is 98.3 Å². The molecule has 17 heavy (non-hydrogen) atoms. The lowest BCUT2D eigenvalue weighted by Crippen LogP contribution is -2.08. The maximum absolute atomic E-state index is 10.5. The average Bonchev–Trinajstić information content (AvgIpc) is 2.77. The molecule has 0 radical (unpaired) electrons. The Hall–Kier alpha value is -2.30. The molecule has 5 nitrogen and oxygen atoms in total. The van der Waals surface area contributed by atoms with Gasteiger partial charge >= 0.3 is 5.97 Å². The number of benzene rings is 1. The van der Waals surface area contributed by atoms with Gasteiger partial charge in [-0.15, -0.1) is 0 Å². The number of hydrogen-bond donors (Lipinski definition) is 1. The largest absolute Gasteiger partial charge is 0.497 e. The van der Waals surface area contributed by atoms with Gasteiger partial charge in [0.15, 0.2) is 0 Å². The molecule has 1 heterocycles. The topological polar surface area (TPSA) is 64.4 Å².